The smallest absolute Gasteiger partial charge is 0.324 e. The van der Waals surface area contributed by atoms with Gasteiger partial charge in [0.15, 0.2) is 0 Å². The summed E-state index contributed by atoms with van der Waals surface area (Å²) in [6.07, 6.45) is 4.87. The molecule has 3 N–H and O–H groups in total. The lowest BCUT2D eigenvalue weighted by Gasteiger charge is -2.13. The van der Waals surface area contributed by atoms with Gasteiger partial charge < -0.3 is 20.2 Å². The van der Waals surface area contributed by atoms with Gasteiger partial charge in [-0.2, -0.15) is 0 Å². The molecule has 2 aromatic heterocycles. The van der Waals surface area contributed by atoms with Gasteiger partial charge in [-0.1, -0.05) is 18.2 Å². The molecule has 8 heteroatoms. The second-order valence-corrected chi connectivity index (χ2v) is 7.53. The maximum absolute atomic E-state index is 12.6. The summed E-state index contributed by atoms with van der Waals surface area (Å²) in [6.45, 7) is 0.743. The van der Waals surface area contributed by atoms with Crippen LogP contribution >= 0.6 is 0 Å². The van der Waals surface area contributed by atoms with Crippen LogP contribution in [-0.4, -0.2) is 44.9 Å². The molecule has 0 aliphatic carbocycles. The third kappa shape index (κ3) is 4.07. The number of para-hydroxylation sites is 1. The fourth-order valence-electron chi connectivity index (χ4n) is 3.79. The highest BCUT2D eigenvalue weighted by molar-refractivity contribution is 6.04. The Balaban J connectivity index is 1.27. The number of rotatable bonds is 8. The van der Waals surface area contributed by atoms with Gasteiger partial charge in [0.25, 0.3) is 5.91 Å². The molecule has 4 rings (SSSR count). The van der Waals surface area contributed by atoms with Gasteiger partial charge >= 0.3 is 6.03 Å². The summed E-state index contributed by atoms with van der Waals surface area (Å²) in [5.74, 6) is -0.412. The van der Waals surface area contributed by atoms with Crippen molar-refractivity contribution in [1.29, 1.82) is 0 Å². The first-order valence-electron chi connectivity index (χ1n) is 10.1. The van der Waals surface area contributed by atoms with E-state index < -0.39 is 12.1 Å². The molecule has 1 aliphatic heterocycles. The Bertz CT molecular complexity index is 1080. The molecule has 1 aromatic carbocycles. The summed E-state index contributed by atoms with van der Waals surface area (Å²) < 4.78 is 1.94. The zero-order valence-corrected chi connectivity index (χ0v) is 16.9. The van der Waals surface area contributed by atoms with Crippen LogP contribution in [0, 0.1) is 0 Å². The average molecular weight is 407 g/mol. The maximum atomic E-state index is 12.6. The fraction of sp³-hybridized carbons (Fsp3) is 0.318. The second kappa shape index (κ2) is 8.44. The SMILES string of the molecule is Cn1cccc1CNC(=O)CC[C@@H]1NC(=O)N(CCc2c[nH]c3ccccc23)C1=O. The fourth-order valence-corrected chi connectivity index (χ4v) is 3.79. The van der Waals surface area contributed by atoms with Crippen LogP contribution in [0.2, 0.25) is 0 Å². The van der Waals surface area contributed by atoms with E-state index in [2.05, 4.69) is 15.6 Å². The van der Waals surface area contributed by atoms with Crippen molar-refractivity contribution in [2.45, 2.75) is 31.8 Å². The van der Waals surface area contributed by atoms with Gasteiger partial charge in [-0.05, 0) is 36.6 Å². The first-order chi connectivity index (χ1) is 14.5. The molecule has 1 atom stereocenters. The molecule has 1 aliphatic rings. The number of nitrogens with one attached hydrogen (secondary N) is 3. The first-order valence-corrected chi connectivity index (χ1v) is 10.1. The van der Waals surface area contributed by atoms with E-state index in [9.17, 15) is 14.4 Å². The molecule has 1 fully saturated rings. The number of carbonyl (C=O) groups is 3. The minimum atomic E-state index is -0.652. The molecule has 3 aromatic rings. The predicted molar refractivity (Wildman–Crippen MR) is 113 cm³/mol. The molecule has 30 heavy (non-hydrogen) atoms. The van der Waals surface area contributed by atoms with E-state index in [4.69, 9.17) is 0 Å². The Morgan fingerprint density at radius 1 is 1.17 bits per heavy atom. The summed E-state index contributed by atoms with van der Waals surface area (Å²) in [5.41, 5.74) is 3.09. The van der Waals surface area contributed by atoms with Crippen molar-refractivity contribution in [3.05, 3.63) is 60.0 Å². The number of H-pyrrole nitrogens is 1. The standard InChI is InChI=1S/C22H25N5O3/c1-26-11-4-5-16(26)14-24-20(28)9-8-19-21(29)27(22(30)25-19)12-10-15-13-23-18-7-3-2-6-17(15)18/h2-7,11,13,19,23H,8-10,12,14H2,1H3,(H,24,28)(H,25,30)/t19-/m0/s1. The highest BCUT2D eigenvalue weighted by Crippen LogP contribution is 2.19. The molecular weight excluding hydrogens is 382 g/mol. The zero-order chi connectivity index (χ0) is 21.1. The van der Waals surface area contributed by atoms with E-state index in [1.54, 1.807) is 0 Å². The molecule has 0 spiro atoms. The number of nitrogens with zero attached hydrogens (tertiary/aromatic N) is 2. The number of benzene rings is 1. The van der Waals surface area contributed by atoms with Crippen molar-refractivity contribution < 1.29 is 14.4 Å². The van der Waals surface area contributed by atoms with Gasteiger partial charge in [0.2, 0.25) is 5.91 Å². The summed E-state index contributed by atoms with van der Waals surface area (Å²) in [4.78, 5) is 41.5. The number of amides is 4. The van der Waals surface area contributed by atoms with Crippen LogP contribution in [-0.2, 0) is 29.6 Å². The molecule has 3 heterocycles. The van der Waals surface area contributed by atoms with Crippen LogP contribution in [0.1, 0.15) is 24.1 Å². The molecule has 0 saturated carbocycles. The van der Waals surface area contributed by atoms with Gasteiger partial charge in [0, 0.05) is 49.0 Å². The second-order valence-electron chi connectivity index (χ2n) is 7.53. The molecular formula is C22H25N5O3. The van der Waals surface area contributed by atoms with Crippen LogP contribution in [0.3, 0.4) is 0 Å². The molecule has 0 bridgehead atoms. The van der Waals surface area contributed by atoms with E-state index in [1.807, 2.05) is 60.4 Å². The summed E-state index contributed by atoms with van der Waals surface area (Å²) in [6, 6.07) is 10.7. The Kier molecular flexibility index (Phi) is 5.56. The quantitative estimate of drug-likeness (QED) is 0.499. The third-order valence-electron chi connectivity index (χ3n) is 5.56. The van der Waals surface area contributed by atoms with Crippen LogP contribution in [0.4, 0.5) is 4.79 Å². The Hall–Kier alpha value is -3.55. The number of aryl methyl sites for hydroxylation is 1. The predicted octanol–water partition coefficient (Wildman–Crippen LogP) is 2.07. The van der Waals surface area contributed by atoms with E-state index >= 15 is 0 Å². The highest BCUT2D eigenvalue weighted by atomic mass is 16.2. The lowest BCUT2D eigenvalue weighted by molar-refractivity contribution is -0.127. The van der Waals surface area contributed by atoms with Crippen molar-refractivity contribution in [2.75, 3.05) is 6.54 Å². The first kappa shape index (κ1) is 19.8. The minimum absolute atomic E-state index is 0.143. The Morgan fingerprint density at radius 2 is 2.00 bits per heavy atom. The zero-order valence-electron chi connectivity index (χ0n) is 16.9. The number of imide groups is 1. The minimum Gasteiger partial charge on any atom is -0.361 e. The number of urea groups is 1. The van der Waals surface area contributed by atoms with Crippen LogP contribution in [0.15, 0.2) is 48.8 Å². The molecule has 4 amide bonds. The largest absolute Gasteiger partial charge is 0.361 e. The normalized spacial score (nSPS) is 16.3. The Labute approximate surface area is 174 Å². The van der Waals surface area contributed by atoms with Gasteiger partial charge in [-0.25, -0.2) is 4.79 Å². The van der Waals surface area contributed by atoms with Crippen molar-refractivity contribution in [2.24, 2.45) is 7.05 Å². The number of hydrogen-bond acceptors (Lipinski definition) is 3. The molecule has 156 valence electrons. The maximum Gasteiger partial charge on any atom is 0.324 e. The number of fused-ring (bicyclic) bond motifs is 1. The van der Waals surface area contributed by atoms with Crippen molar-refractivity contribution in [3.63, 3.8) is 0 Å². The lowest BCUT2D eigenvalue weighted by atomic mass is 10.1. The topological polar surface area (TPSA) is 99.2 Å². The molecule has 0 radical (unpaired) electrons. The average Bonchev–Trinajstić information content (AvgIpc) is 3.41. The monoisotopic (exact) mass is 407 g/mol. The number of carbonyl (C=O) groups excluding carboxylic acids is 3. The number of aromatic amines is 1. The lowest BCUT2D eigenvalue weighted by Crippen LogP contribution is -2.34. The van der Waals surface area contributed by atoms with Crippen LogP contribution < -0.4 is 10.6 Å². The van der Waals surface area contributed by atoms with Gasteiger partial charge in [0.1, 0.15) is 6.04 Å². The van der Waals surface area contributed by atoms with Crippen molar-refractivity contribution in [1.82, 2.24) is 25.1 Å². The van der Waals surface area contributed by atoms with Gasteiger partial charge in [0.05, 0.1) is 6.54 Å². The molecule has 8 nitrogen and oxygen atoms in total. The number of hydrogen-bond donors (Lipinski definition) is 3. The summed E-state index contributed by atoms with van der Waals surface area (Å²) >= 11 is 0. The van der Waals surface area contributed by atoms with E-state index in [-0.39, 0.29) is 24.7 Å². The molecule has 0 unspecified atom stereocenters. The van der Waals surface area contributed by atoms with Gasteiger partial charge in [-0.15, -0.1) is 0 Å². The van der Waals surface area contributed by atoms with Crippen LogP contribution in [0.5, 0.6) is 0 Å². The highest BCUT2D eigenvalue weighted by Gasteiger charge is 2.37. The van der Waals surface area contributed by atoms with E-state index in [0.717, 1.165) is 22.2 Å². The third-order valence-corrected chi connectivity index (χ3v) is 5.56. The summed E-state index contributed by atoms with van der Waals surface area (Å²) in [7, 11) is 1.92. The molecule has 1 saturated heterocycles. The van der Waals surface area contributed by atoms with Crippen molar-refractivity contribution >= 4 is 28.7 Å². The Morgan fingerprint density at radius 3 is 2.80 bits per heavy atom. The van der Waals surface area contributed by atoms with Gasteiger partial charge in [-0.3, -0.25) is 14.5 Å². The number of aromatic nitrogens is 2. The summed E-state index contributed by atoms with van der Waals surface area (Å²) in [5, 5.41) is 6.64. The van der Waals surface area contributed by atoms with E-state index in [1.165, 1.54) is 4.90 Å². The van der Waals surface area contributed by atoms with E-state index in [0.29, 0.717) is 19.5 Å². The van der Waals surface area contributed by atoms with Crippen molar-refractivity contribution in [3.8, 4) is 0 Å². The van der Waals surface area contributed by atoms with Crippen LogP contribution in [0.25, 0.3) is 10.9 Å².